The lowest BCUT2D eigenvalue weighted by Gasteiger charge is -2.38. The minimum Gasteiger partial charge on any atom is -0.444 e. The van der Waals surface area contributed by atoms with Crippen molar-refractivity contribution in [3.8, 4) is 12.3 Å². The summed E-state index contributed by atoms with van der Waals surface area (Å²) in [4.78, 5) is 41.2. The summed E-state index contributed by atoms with van der Waals surface area (Å²) in [5.74, 6) is 1.62. The molecule has 0 aliphatic rings. The lowest BCUT2D eigenvalue weighted by molar-refractivity contribution is -0.146. The number of amides is 3. The van der Waals surface area contributed by atoms with Crippen LogP contribution in [-0.4, -0.2) is 58.2 Å². The van der Waals surface area contributed by atoms with Crippen molar-refractivity contribution in [2.45, 2.75) is 97.5 Å². The predicted molar refractivity (Wildman–Crippen MR) is 136 cm³/mol. The van der Waals surface area contributed by atoms with Gasteiger partial charge in [0.15, 0.2) is 0 Å². The summed E-state index contributed by atoms with van der Waals surface area (Å²) >= 11 is 0. The van der Waals surface area contributed by atoms with E-state index in [1.54, 1.807) is 45.0 Å². The molecule has 4 unspecified atom stereocenters. The number of hydrogen-bond donors (Lipinski definition) is 3. The minimum absolute atomic E-state index is 0.115. The van der Waals surface area contributed by atoms with E-state index in [1.807, 2.05) is 27.7 Å². The molecule has 0 aromatic heterocycles. The van der Waals surface area contributed by atoms with Crippen molar-refractivity contribution in [3.63, 3.8) is 0 Å². The highest BCUT2D eigenvalue weighted by Gasteiger charge is 2.39. The smallest absolute Gasteiger partial charge is 0.408 e. The Kier molecular flexibility index (Phi) is 11.8. The minimum atomic E-state index is -1.31. The third kappa shape index (κ3) is 8.91. The molecule has 0 saturated heterocycles. The second-order valence-electron chi connectivity index (χ2n) is 9.72. The molecule has 1 aromatic carbocycles. The molecule has 0 spiro atoms. The summed E-state index contributed by atoms with van der Waals surface area (Å²) in [5, 5.41) is 15.4. The highest BCUT2D eigenvalue weighted by molar-refractivity contribution is 5.93. The Morgan fingerprint density at radius 3 is 2.29 bits per heavy atom. The zero-order chi connectivity index (χ0) is 26.8. The molecule has 35 heavy (non-hydrogen) atoms. The molecule has 194 valence electrons. The average Bonchev–Trinajstić information content (AvgIpc) is 2.78. The number of alkyl carbamates (subject to hydrolysis) is 1. The van der Waals surface area contributed by atoms with Gasteiger partial charge in [0, 0.05) is 17.6 Å². The molecule has 0 heterocycles. The summed E-state index contributed by atoms with van der Waals surface area (Å²) in [6.07, 6.45) is 7.08. The Bertz CT molecular complexity index is 903. The Hall–Kier alpha value is -3.05. The summed E-state index contributed by atoms with van der Waals surface area (Å²) < 4.78 is 5.26. The van der Waals surface area contributed by atoms with Gasteiger partial charge >= 0.3 is 6.09 Å². The maximum absolute atomic E-state index is 13.8. The fourth-order valence-corrected chi connectivity index (χ4v) is 3.72. The van der Waals surface area contributed by atoms with Crippen LogP contribution in [0.2, 0.25) is 0 Å². The topological polar surface area (TPSA) is 108 Å². The molecule has 0 saturated carbocycles. The number of ether oxygens (including phenoxy) is 1. The largest absolute Gasteiger partial charge is 0.444 e. The number of terminal acetylenes is 1. The third-order valence-corrected chi connectivity index (χ3v) is 5.54. The van der Waals surface area contributed by atoms with Crippen molar-refractivity contribution in [1.29, 1.82) is 0 Å². The standard InChI is InChI=1S/C27H41N3O5/c1-9-14-18(4)28-24(32)23(21-16-13-12-15-20(21)11-3)30(19(5)10-2)25(33)22(17-31)29-26(34)35-27(6,7)8/h3,12-13,15-16,18-19,22-23,31H,9-10,14,17H2,1-2,4-8H3,(H,28,32)(H,29,34). The molecule has 0 radical (unpaired) electrons. The molecule has 8 heteroatoms. The van der Waals surface area contributed by atoms with E-state index in [-0.39, 0.29) is 11.9 Å². The van der Waals surface area contributed by atoms with Crippen molar-refractivity contribution in [2.75, 3.05) is 6.61 Å². The van der Waals surface area contributed by atoms with Gasteiger partial charge in [-0.05, 0) is 59.1 Å². The molecule has 8 nitrogen and oxygen atoms in total. The number of hydrogen-bond acceptors (Lipinski definition) is 5. The fraction of sp³-hybridized carbons (Fsp3) is 0.593. The van der Waals surface area contributed by atoms with E-state index in [0.29, 0.717) is 17.5 Å². The summed E-state index contributed by atoms with van der Waals surface area (Å²) in [7, 11) is 0. The van der Waals surface area contributed by atoms with E-state index in [9.17, 15) is 19.5 Å². The van der Waals surface area contributed by atoms with Gasteiger partial charge in [-0.1, -0.05) is 44.4 Å². The van der Waals surface area contributed by atoms with E-state index in [4.69, 9.17) is 11.2 Å². The van der Waals surface area contributed by atoms with Gasteiger partial charge < -0.3 is 25.4 Å². The summed E-state index contributed by atoms with van der Waals surface area (Å²) in [6.45, 7) is 12.1. The van der Waals surface area contributed by atoms with Crippen molar-refractivity contribution in [2.24, 2.45) is 0 Å². The molecule has 1 aromatic rings. The molecular weight excluding hydrogens is 446 g/mol. The molecule has 0 bridgehead atoms. The quantitative estimate of drug-likeness (QED) is 0.414. The van der Waals surface area contributed by atoms with Gasteiger partial charge in [-0.25, -0.2) is 4.79 Å². The van der Waals surface area contributed by atoms with Gasteiger partial charge in [0.05, 0.1) is 6.61 Å². The van der Waals surface area contributed by atoms with Gasteiger partial charge in [-0.15, -0.1) is 6.42 Å². The molecule has 1 rings (SSSR count). The van der Waals surface area contributed by atoms with Crippen LogP contribution >= 0.6 is 0 Å². The molecule has 0 aliphatic carbocycles. The van der Waals surface area contributed by atoms with Crippen LogP contribution in [0.5, 0.6) is 0 Å². The number of nitrogens with zero attached hydrogens (tertiary/aromatic N) is 1. The van der Waals surface area contributed by atoms with Crippen molar-refractivity contribution in [3.05, 3.63) is 35.4 Å². The van der Waals surface area contributed by atoms with Crippen LogP contribution in [0.15, 0.2) is 24.3 Å². The normalized spacial score (nSPS) is 14.6. The Morgan fingerprint density at radius 2 is 1.77 bits per heavy atom. The fourth-order valence-electron chi connectivity index (χ4n) is 3.72. The van der Waals surface area contributed by atoms with Crippen molar-refractivity contribution < 1.29 is 24.2 Å². The number of aliphatic hydroxyl groups is 1. The van der Waals surface area contributed by atoms with Gasteiger partial charge in [0.25, 0.3) is 0 Å². The Morgan fingerprint density at radius 1 is 1.14 bits per heavy atom. The first-order valence-electron chi connectivity index (χ1n) is 12.2. The molecule has 3 amide bonds. The molecule has 0 fully saturated rings. The van der Waals surface area contributed by atoms with E-state index in [1.165, 1.54) is 4.90 Å². The number of rotatable bonds is 11. The first-order chi connectivity index (χ1) is 16.4. The van der Waals surface area contributed by atoms with Gasteiger partial charge in [0.2, 0.25) is 11.8 Å². The van der Waals surface area contributed by atoms with Crippen LogP contribution in [0.3, 0.4) is 0 Å². The summed E-state index contributed by atoms with van der Waals surface area (Å²) in [5.41, 5.74) is 0.198. The number of carbonyl (C=O) groups excluding carboxylic acids is 3. The number of aliphatic hydroxyl groups excluding tert-OH is 1. The van der Waals surface area contributed by atoms with Crippen LogP contribution in [0.25, 0.3) is 0 Å². The van der Waals surface area contributed by atoms with E-state index < -0.39 is 42.3 Å². The van der Waals surface area contributed by atoms with Gasteiger partial charge in [-0.3, -0.25) is 9.59 Å². The number of nitrogens with one attached hydrogen (secondary N) is 2. The zero-order valence-corrected chi connectivity index (χ0v) is 22.1. The van der Waals surface area contributed by atoms with Gasteiger partial charge in [0.1, 0.15) is 17.7 Å². The van der Waals surface area contributed by atoms with Gasteiger partial charge in [-0.2, -0.15) is 0 Å². The Labute approximate surface area is 209 Å². The molecule has 4 atom stereocenters. The van der Waals surface area contributed by atoms with E-state index in [2.05, 4.69) is 16.6 Å². The third-order valence-electron chi connectivity index (χ3n) is 5.54. The molecule has 0 aliphatic heterocycles. The lowest BCUT2D eigenvalue weighted by atomic mass is 9.95. The number of benzene rings is 1. The second kappa shape index (κ2) is 13.7. The van der Waals surface area contributed by atoms with Crippen LogP contribution in [0.4, 0.5) is 4.79 Å². The predicted octanol–water partition coefficient (Wildman–Crippen LogP) is 3.53. The SMILES string of the molecule is C#Cc1ccccc1C(C(=O)NC(C)CCC)N(C(=O)C(CO)NC(=O)OC(C)(C)C)C(C)CC. The lowest BCUT2D eigenvalue weighted by Crippen LogP contribution is -2.57. The van der Waals surface area contributed by atoms with Crippen molar-refractivity contribution >= 4 is 17.9 Å². The van der Waals surface area contributed by atoms with E-state index >= 15 is 0 Å². The average molecular weight is 488 g/mol. The highest BCUT2D eigenvalue weighted by atomic mass is 16.6. The molecular formula is C27H41N3O5. The monoisotopic (exact) mass is 487 g/mol. The van der Waals surface area contributed by atoms with Crippen LogP contribution < -0.4 is 10.6 Å². The second-order valence-corrected chi connectivity index (χ2v) is 9.72. The number of carbonyl (C=O) groups is 3. The first kappa shape index (κ1) is 30.0. The summed E-state index contributed by atoms with van der Waals surface area (Å²) in [6, 6.07) is 4.08. The highest BCUT2D eigenvalue weighted by Crippen LogP contribution is 2.28. The van der Waals surface area contributed by atoms with Crippen molar-refractivity contribution in [1.82, 2.24) is 15.5 Å². The Balaban J connectivity index is 3.53. The van der Waals surface area contributed by atoms with Crippen LogP contribution in [0.1, 0.15) is 84.9 Å². The van der Waals surface area contributed by atoms with E-state index in [0.717, 1.165) is 12.8 Å². The maximum atomic E-state index is 13.8. The van der Waals surface area contributed by atoms with Crippen LogP contribution in [0, 0.1) is 12.3 Å². The maximum Gasteiger partial charge on any atom is 0.408 e. The molecule has 3 N–H and O–H groups in total. The first-order valence-corrected chi connectivity index (χ1v) is 12.2. The zero-order valence-electron chi connectivity index (χ0n) is 22.1. The van der Waals surface area contributed by atoms with Crippen LogP contribution in [-0.2, 0) is 14.3 Å².